The standard InChI is InChI=1S/C7H14N2O2/c8-9-7(11)5-3-1-2-4-6(5)10/h5-6,10H,1-4,8H2,(H,9,11). The number of hydrazine groups is 1. The molecule has 2 atom stereocenters. The quantitative estimate of drug-likeness (QED) is 0.274. The highest BCUT2D eigenvalue weighted by molar-refractivity contribution is 5.78. The van der Waals surface area contributed by atoms with Crippen molar-refractivity contribution in [2.75, 3.05) is 0 Å². The molecule has 11 heavy (non-hydrogen) atoms. The van der Waals surface area contributed by atoms with Gasteiger partial charge in [0.2, 0.25) is 5.91 Å². The van der Waals surface area contributed by atoms with E-state index in [2.05, 4.69) is 5.43 Å². The fourth-order valence-electron chi connectivity index (χ4n) is 1.52. The number of nitrogens with two attached hydrogens (primary N) is 1. The minimum Gasteiger partial charge on any atom is -0.392 e. The number of rotatable bonds is 1. The van der Waals surface area contributed by atoms with Gasteiger partial charge in [-0.1, -0.05) is 12.8 Å². The van der Waals surface area contributed by atoms with Crippen LogP contribution in [-0.2, 0) is 4.79 Å². The summed E-state index contributed by atoms with van der Waals surface area (Å²) in [6, 6.07) is 0. The minimum absolute atomic E-state index is 0.239. The molecule has 0 heterocycles. The van der Waals surface area contributed by atoms with Crippen LogP contribution in [0.1, 0.15) is 25.7 Å². The summed E-state index contributed by atoms with van der Waals surface area (Å²) in [6.07, 6.45) is 3.00. The Hall–Kier alpha value is -0.610. The largest absolute Gasteiger partial charge is 0.392 e. The van der Waals surface area contributed by atoms with Crippen molar-refractivity contribution in [1.82, 2.24) is 5.43 Å². The summed E-state index contributed by atoms with van der Waals surface area (Å²) in [6.45, 7) is 0. The molecule has 1 rings (SSSR count). The average Bonchev–Trinajstić information content (AvgIpc) is 2.04. The van der Waals surface area contributed by atoms with Gasteiger partial charge in [0.05, 0.1) is 12.0 Å². The van der Waals surface area contributed by atoms with Gasteiger partial charge < -0.3 is 5.11 Å². The molecule has 0 aromatic heterocycles. The predicted octanol–water partition coefficient (Wildman–Crippen LogP) is -0.473. The Morgan fingerprint density at radius 3 is 2.64 bits per heavy atom. The Kier molecular flexibility index (Phi) is 2.84. The van der Waals surface area contributed by atoms with E-state index < -0.39 is 6.10 Å². The van der Waals surface area contributed by atoms with Gasteiger partial charge >= 0.3 is 0 Å². The Bertz CT molecular complexity index is 149. The van der Waals surface area contributed by atoms with E-state index in [1.807, 2.05) is 0 Å². The van der Waals surface area contributed by atoms with Crippen LogP contribution in [0.2, 0.25) is 0 Å². The van der Waals surface area contributed by atoms with Crippen LogP contribution in [0, 0.1) is 5.92 Å². The molecule has 1 saturated carbocycles. The molecule has 1 aliphatic rings. The molecule has 1 amide bonds. The van der Waals surface area contributed by atoms with Gasteiger partial charge in [-0.05, 0) is 12.8 Å². The van der Waals surface area contributed by atoms with Crippen LogP contribution in [-0.4, -0.2) is 17.1 Å². The van der Waals surface area contributed by atoms with Gasteiger partial charge in [-0.25, -0.2) is 5.84 Å². The van der Waals surface area contributed by atoms with E-state index in [0.717, 1.165) is 25.7 Å². The second-order valence-corrected chi connectivity index (χ2v) is 2.97. The second kappa shape index (κ2) is 3.69. The molecule has 0 aliphatic heterocycles. The summed E-state index contributed by atoms with van der Waals surface area (Å²) in [7, 11) is 0. The molecular formula is C7H14N2O2. The van der Waals surface area contributed by atoms with Crippen molar-refractivity contribution in [1.29, 1.82) is 0 Å². The van der Waals surface area contributed by atoms with Crippen molar-refractivity contribution in [2.24, 2.45) is 11.8 Å². The summed E-state index contributed by atoms with van der Waals surface area (Å²) >= 11 is 0. The molecule has 0 bridgehead atoms. The van der Waals surface area contributed by atoms with E-state index in [0.29, 0.717) is 0 Å². The summed E-state index contributed by atoms with van der Waals surface area (Å²) < 4.78 is 0. The Labute approximate surface area is 65.7 Å². The molecule has 1 fully saturated rings. The van der Waals surface area contributed by atoms with E-state index in [1.165, 1.54) is 0 Å². The molecule has 0 aromatic rings. The lowest BCUT2D eigenvalue weighted by molar-refractivity contribution is -0.130. The van der Waals surface area contributed by atoms with Crippen molar-refractivity contribution in [3.05, 3.63) is 0 Å². The van der Waals surface area contributed by atoms with Crippen LogP contribution in [0.4, 0.5) is 0 Å². The van der Waals surface area contributed by atoms with Gasteiger partial charge in [-0.2, -0.15) is 0 Å². The van der Waals surface area contributed by atoms with Gasteiger partial charge in [0, 0.05) is 0 Å². The Morgan fingerprint density at radius 2 is 2.09 bits per heavy atom. The predicted molar refractivity (Wildman–Crippen MR) is 40.3 cm³/mol. The van der Waals surface area contributed by atoms with E-state index in [9.17, 15) is 9.90 Å². The zero-order chi connectivity index (χ0) is 8.27. The normalized spacial score (nSPS) is 31.5. The van der Waals surface area contributed by atoms with E-state index in [1.54, 1.807) is 0 Å². The topological polar surface area (TPSA) is 75.3 Å². The maximum atomic E-state index is 11.0. The summed E-state index contributed by atoms with van der Waals surface area (Å²) in [5, 5.41) is 9.35. The molecule has 4 heteroatoms. The summed E-state index contributed by atoms with van der Waals surface area (Å²) in [5.74, 6) is 4.43. The molecular weight excluding hydrogens is 144 g/mol. The molecule has 0 radical (unpaired) electrons. The lowest BCUT2D eigenvalue weighted by Gasteiger charge is -2.25. The second-order valence-electron chi connectivity index (χ2n) is 2.97. The van der Waals surface area contributed by atoms with Crippen molar-refractivity contribution < 1.29 is 9.90 Å². The third kappa shape index (κ3) is 1.91. The first-order valence-corrected chi connectivity index (χ1v) is 3.94. The fourth-order valence-corrected chi connectivity index (χ4v) is 1.52. The lowest BCUT2D eigenvalue weighted by atomic mass is 9.86. The first kappa shape index (κ1) is 8.49. The van der Waals surface area contributed by atoms with Crippen molar-refractivity contribution >= 4 is 5.91 Å². The van der Waals surface area contributed by atoms with Gasteiger partial charge in [0.25, 0.3) is 0 Å². The SMILES string of the molecule is NNC(=O)C1CCCCC1O. The first-order chi connectivity index (χ1) is 5.25. The third-order valence-electron chi connectivity index (χ3n) is 2.21. The number of nitrogens with one attached hydrogen (secondary N) is 1. The smallest absolute Gasteiger partial charge is 0.239 e. The van der Waals surface area contributed by atoms with Crippen molar-refractivity contribution in [3.8, 4) is 0 Å². The van der Waals surface area contributed by atoms with Crippen LogP contribution in [0.3, 0.4) is 0 Å². The molecule has 0 spiro atoms. The van der Waals surface area contributed by atoms with Crippen LogP contribution >= 0.6 is 0 Å². The number of aliphatic hydroxyl groups is 1. The molecule has 2 unspecified atom stereocenters. The molecule has 64 valence electrons. The number of hydrogen-bond donors (Lipinski definition) is 3. The van der Waals surface area contributed by atoms with Crippen LogP contribution in [0.25, 0.3) is 0 Å². The van der Waals surface area contributed by atoms with Gasteiger partial charge in [0.15, 0.2) is 0 Å². The van der Waals surface area contributed by atoms with E-state index >= 15 is 0 Å². The molecule has 4 nitrogen and oxygen atoms in total. The number of aliphatic hydroxyl groups excluding tert-OH is 1. The van der Waals surface area contributed by atoms with E-state index in [4.69, 9.17) is 5.84 Å². The number of hydrogen-bond acceptors (Lipinski definition) is 3. The Balaban J connectivity index is 2.47. The number of carbonyl (C=O) groups is 1. The zero-order valence-corrected chi connectivity index (χ0v) is 6.42. The van der Waals surface area contributed by atoms with E-state index in [-0.39, 0.29) is 11.8 Å². The van der Waals surface area contributed by atoms with Gasteiger partial charge in [-0.15, -0.1) is 0 Å². The first-order valence-electron chi connectivity index (χ1n) is 3.94. The highest BCUT2D eigenvalue weighted by Gasteiger charge is 2.28. The highest BCUT2D eigenvalue weighted by atomic mass is 16.3. The zero-order valence-electron chi connectivity index (χ0n) is 6.42. The number of amides is 1. The molecule has 0 saturated heterocycles. The summed E-state index contributed by atoms with van der Waals surface area (Å²) in [4.78, 5) is 11.0. The van der Waals surface area contributed by atoms with Crippen molar-refractivity contribution in [2.45, 2.75) is 31.8 Å². The average molecular weight is 158 g/mol. The Morgan fingerprint density at radius 1 is 1.45 bits per heavy atom. The van der Waals surface area contributed by atoms with Gasteiger partial charge in [0.1, 0.15) is 0 Å². The maximum Gasteiger partial charge on any atom is 0.239 e. The molecule has 0 aromatic carbocycles. The van der Waals surface area contributed by atoms with Crippen molar-refractivity contribution in [3.63, 3.8) is 0 Å². The lowest BCUT2D eigenvalue weighted by Crippen LogP contribution is -2.42. The minimum atomic E-state index is -0.493. The molecule has 4 N–H and O–H groups in total. The van der Waals surface area contributed by atoms with Crippen LogP contribution < -0.4 is 11.3 Å². The summed E-state index contributed by atoms with van der Waals surface area (Å²) in [5.41, 5.74) is 2.07. The number of carbonyl (C=O) groups excluding carboxylic acids is 1. The third-order valence-corrected chi connectivity index (χ3v) is 2.21. The monoisotopic (exact) mass is 158 g/mol. The van der Waals surface area contributed by atoms with Crippen LogP contribution in [0.15, 0.2) is 0 Å². The maximum absolute atomic E-state index is 11.0. The highest BCUT2D eigenvalue weighted by Crippen LogP contribution is 2.23. The van der Waals surface area contributed by atoms with Crippen LogP contribution in [0.5, 0.6) is 0 Å². The van der Waals surface area contributed by atoms with Gasteiger partial charge in [-0.3, -0.25) is 10.2 Å². The fraction of sp³-hybridized carbons (Fsp3) is 0.857. The molecule has 1 aliphatic carbocycles.